The van der Waals surface area contributed by atoms with Gasteiger partial charge in [0, 0.05) is 32.9 Å². The quantitative estimate of drug-likeness (QED) is 0.183. The van der Waals surface area contributed by atoms with E-state index in [0.717, 1.165) is 61.7 Å². The molecule has 0 spiro atoms. The Labute approximate surface area is 301 Å². The van der Waals surface area contributed by atoms with E-state index in [1.165, 1.54) is 21.9 Å². The van der Waals surface area contributed by atoms with Gasteiger partial charge in [-0.2, -0.15) is 0 Å². The van der Waals surface area contributed by atoms with Crippen LogP contribution in [0.3, 0.4) is 0 Å². The summed E-state index contributed by atoms with van der Waals surface area (Å²) in [7, 11) is 0. The van der Waals surface area contributed by atoms with Crippen LogP contribution < -0.4 is 0 Å². The van der Waals surface area contributed by atoms with Crippen molar-refractivity contribution in [3.05, 3.63) is 192 Å². The van der Waals surface area contributed by atoms with E-state index in [2.05, 4.69) is 146 Å². The van der Waals surface area contributed by atoms with Crippen LogP contribution in [0.1, 0.15) is 35.9 Å². The first-order valence-corrected chi connectivity index (χ1v) is 17.7. The first kappa shape index (κ1) is 30.2. The highest BCUT2D eigenvalue weighted by molar-refractivity contribution is 6.13. The minimum Gasteiger partial charge on any atom is -0.456 e. The number of furan rings is 1. The van der Waals surface area contributed by atoms with Crippen molar-refractivity contribution < 1.29 is 4.42 Å². The van der Waals surface area contributed by atoms with Gasteiger partial charge in [0.2, 0.25) is 0 Å². The van der Waals surface area contributed by atoms with Gasteiger partial charge in [-0.05, 0) is 69.3 Å². The molecule has 0 N–H and O–H groups in total. The lowest BCUT2D eigenvalue weighted by molar-refractivity contribution is 0.572. The van der Waals surface area contributed by atoms with Gasteiger partial charge in [0.1, 0.15) is 11.2 Å². The van der Waals surface area contributed by atoms with Gasteiger partial charge in [-0.25, -0.2) is 15.0 Å². The summed E-state index contributed by atoms with van der Waals surface area (Å²) in [4.78, 5) is 15.8. The van der Waals surface area contributed by atoms with Crippen LogP contribution in [0.25, 0.3) is 72.2 Å². The minimum absolute atomic E-state index is 0.185. The maximum atomic E-state index is 6.55. The fraction of sp³-hybridized carbons (Fsp3) is 0.0625. The molecule has 1 aliphatic carbocycles. The predicted molar refractivity (Wildman–Crippen MR) is 212 cm³/mol. The molecule has 7 aromatic carbocycles. The third kappa shape index (κ3) is 4.95. The Morgan fingerprint density at radius 3 is 2.06 bits per heavy atom. The first-order valence-electron chi connectivity index (χ1n) is 17.7. The molecule has 2 aromatic heterocycles. The third-order valence-corrected chi connectivity index (χ3v) is 10.6. The SMILES string of the molecule is CC1(c2ccccc2)CC=C(c2nc(-c3ccccc3)nc(-c3cc(-c4ccc5ccccc5c4)cc4oc5ccccc5c34)n2)c2ccccc21. The number of benzene rings is 7. The van der Waals surface area contributed by atoms with Crippen molar-refractivity contribution in [3.8, 4) is 33.9 Å². The Hall–Kier alpha value is -6.65. The minimum atomic E-state index is -0.185. The molecule has 2 heterocycles. The summed E-state index contributed by atoms with van der Waals surface area (Å²) >= 11 is 0. The highest BCUT2D eigenvalue weighted by Gasteiger charge is 2.35. The fourth-order valence-corrected chi connectivity index (χ4v) is 7.92. The number of para-hydroxylation sites is 1. The molecule has 0 saturated carbocycles. The Morgan fingerprint density at radius 1 is 0.500 bits per heavy atom. The summed E-state index contributed by atoms with van der Waals surface area (Å²) in [5, 5.41) is 4.41. The van der Waals surface area contributed by atoms with Crippen LogP contribution in [0.2, 0.25) is 0 Å². The monoisotopic (exact) mass is 667 g/mol. The van der Waals surface area contributed by atoms with E-state index in [-0.39, 0.29) is 5.41 Å². The number of rotatable bonds is 5. The van der Waals surface area contributed by atoms with Crippen molar-refractivity contribution in [2.24, 2.45) is 0 Å². The van der Waals surface area contributed by atoms with E-state index in [1.807, 2.05) is 30.3 Å². The fourth-order valence-electron chi connectivity index (χ4n) is 7.92. The number of fused-ring (bicyclic) bond motifs is 5. The van der Waals surface area contributed by atoms with E-state index in [1.54, 1.807) is 0 Å². The van der Waals surface area contributed by atoms with Crippen molar-refractivity contribution in [2.45, 2.75) is 18.8 Å². The van der Waals surface area contributed by atoms with Crippen molar-refractivity contribution >= 4 is 38.3 Å². The van der Waals surface area contributed by atoms with Gasteiger partial charge in [0.25, 0.3) is 0 Å². The molecule has 0 fully saturated rings. The molecule has 0 aliphatic heterocycles. The molecule has 4 nitrogen and oxygen atoms in total. The van der Waals surface area contributed by atoms with E-state index < -0.39 is 0 Å². The molecular formula is C48H33N3O. The van der Waals surface area contributed by atoms with Gasteiger partial charge in [0.15, 0.2) is 17.5 Å². The number of hydrogen-bond acceptors (Lipinski definition) is 4. The highest BCUT2D eigenvalue weighted by Crippen LogP contribution is 2.46. The summed E-state index contributed by atoms with van der Waals surface area (Å²) < 4.78 is 6.55. The smallest absolute Gasteiger partial charge is 0.164 e. The van der Waals surface area contributed by atoms with Crippen LogP contribution in [-0.4, -0.2) is 15.0 Å². The molecule has 1 atom stereocenters. The topological polar surface area (TPSA) is 51.8 Å². The number of allylic oxidation sites excluding steroid dienone is 1. The second kappa shape index (κ2) is 12.0. The molecule has 10 rings (SSSR count). The molecule has 9 aromatic rings. The van der Waals surface area contributed by atoms with Crippen molar-refractivity contribution in [1.82, 2.24) is 15.0 Å². The summed E-state index contributed by atoms with van der Waals surface area (Å²) in [5.41, 5.74) is 10.1. The number of nitrogens with zero attached hydrogens (tertiary/aromatic N) is 3. The molecule has 1 unspecified atom stereocenters. The third-order valence-electron chi connectivity index (χ3n) is 10.6. The van der Waals surface area contributed by atoms with Gasteiger partial charge in [-0.1, -0.05) is 153 Å². The Morgan fingerprint density at radius 2 is 1.19 bits per heavy atom. The summed E-state index contributed by atoms with van der Waals surface area (Å²) in [6.45, 7) is 2.34. The molecular weight excluding hydrogens is 635 g/mol. The summed E-state index contributed by atoms with van der Waals surface area (Å²) in [6, 6.07) is 57.3. The van der Waals surface area contributed by atoms with Crippen molar-refractivity contribution in [3.63, 3.8) is 0 Å². The lowest BCUT2D eigenvalue weighted by atomic mass is 9.68. The zero-order chi connectivity index (χ0) is 34.6. The normalized spacial score (nSPS) is 15.5. The molecule has 1 aliphatic rings. The van der Waals surface area contributed by atoms with Crippen LogP contribution in [0.4, 0.5) is 0 Å². The van der Waals surface area contributed by atoms with Crippen LogP contribution in [0, 0.1) is 0 Å². The van der Waals surface area contributed by atoms with Crippen LogP contribution >= 0.6 is 0 Å². The first-order chi connectivity index (χ1) is 25.6. The molecule has 0 bridgehead atoms. The van der Waals surface area contributed by atoms with Crippen molar-refractivity contribution in [2.75, 3.05) is 0 Å². The Kier molecular flexibility index (Phi) is 6.97. The van der Waals surface area contributed by atoms with E-state index in [4.69, 9.17) is 19.4 Å². The maximum Gasteiger partial charge on any atom is 0.164 e. The largest absolute Gasteiger partial charge is 0.456 e. The second-order valence-corrected chi connectivity index (χ2v) is 13.8. The van der Waals surface area contributed by atoms with Crippen molar-refractivity contribution in [1.29, 1.82) is 0 Å². The number of hydrogen-bond donors (Lipinski definition) is 0. The molecule has 52 heavy (non-hydrogen) atoms. The van der Waals surface area contributed by atoms with Gasteiger partial charge >= 0.3 is 0 Å². The zero-order valence-corrected chi connectivity index (χ0v) is 28.6. The molecule has 0 radical (unpaired) electrons. The van der Waals surface area contributed by atoms with E-state index >= 15 is 0 Å². The Bertz CT molecular complexity index is 2840. The Balaban J connectivity index is 1.22. The predicted octanol–water partition coefficient (Wildman–Crippen LogP) is 12.1. The van der Waals surface area contributed by atoms with Crippen LogP contribution in [0.15, 0.2) is 174 Å². The van der Waals surface area contributed by atoms with Gasteiger partial charge in [0.05, 0.1) is 0 Å². The zero-order valence-electron chi connectivity index (χ0n) is 28.6. The van der Waals surface area contributed by atoms with Gasteiger partial charge in [-0.15, -0.1) is 0 Å². The average Bonchev–Trinajstić information content (AvgIpc) is 3.60. The lowest BCUT2D eigenvalue weighted by Crippen LogP contribution is -2.27. The summed E-state index contributed by atoms with van der Waals surface area (Å²) in [6.07, 6.45) is 3.14. The van der Waals surface area contributed by atoms with Gasteiger partial charge in [-0.3, -0.25) is 0 Å². The molecule has 4 heteroatoms. The van der Waals surface area contributed by atoms with E-state index in [9.17, 15) is 0 Å². The highest BCUT2D eigenvalue weighted by atomic mass is 16.3. The second-order valence-electron chi connectivity index (χ2n) is 13.8. The standard InChI is InChI=1S/C48H33N3O/c1-48(36-18-6-3-7-19-36)27-26-38(37-20-10-12-22-41(37)48)46-49-45(32-15-4-2-5-16-32)50-47(51-46)40-29-35(34-25-24-31-14-8-9-17-33(31)28-34)30-43-44(40)39-21-11-13-23-42(39)52-43/h2-26,28-30H,27H2,1H3. The number of aromatic nitrogens is 3. The maximum absolute atomic E-state index is 6.55. The molecule has 0 saturated heterocycles. The average molecular weight is 668 g/mol. The lowest BCUT2D eigenvalue weighted by Gasteiger charge is -2.35. The van der Waals surface area contributed by atoms with E-state index in [0.29, 0.717) is 17.5 Å². The molecule has 246 valence electrons. The van der Waals surface area contributed by atoms with Crippen LogP contribution in [-0.2, 0) is 5.41 Å². The molecule has 0 amide bonds. The summed E-state index contributed by atoms with van der Waals surface area (Å²) in [5.74, 6) is 1.90. The van der Waals surface area contributed by atoms with Crippen LogP contribution in [0.5, 0.6) is 0 Å². The van der Waals surface area contributed by atoms with Gasteiger partial charge < -0.3 is 4.42 Å².